The first-order valence-electron chi connectivity index (χ1n) is 5.15. The normalized spacial score (nSPS) is 11.3. The van der Waals surface area contributed by atoms with Crippen LogP contribution in [0.5, 0.6) is 5.75 Å². The van der Waals surface area contributed by atoms with Gasteiger partial charge in [-0.25, -0.2) is 12.8 Å². The molecule has 0 radical (unpaired) electrons. The van der Waals surface area contributed by atoms with E-state index in [1.807, 2.05) is 0 Å². The monoisotopic (exact) mass is 301 g/mol. The average Bonchev–Trinajstić information content (AvgIpc) is 2.33. The largest absolute Gasteiger partial charge is 0.505 e. The Morgan fingerprint density at radius 3 is 2.53 bits per heavy atom. The van der Waals surface area contributed by atoms with Gasteiger partial charge in [0.2, 0.25) is 0 Å². The number of aromatic hydroxyl groups is 1. The van der Waals surface area contributed by atoms with Gasteiger partial charge in [0.15, 0.2) is 11.6 Å². The lowest BCUT2D eigenvalue weighted by atomic mass is 10.3. The molecule has 0 unspecified atom stereocenters. The number of phenolic OH excluding ortho intramolecular Hbond substituents is 1. The molecule has 4 nitrogen and oxygen atoms in total. The molecule has 2 N–H and O–H groups in total. The van der Waals surface area contributed by atoms with E-state index in [-0.39, 0.29) is 15.6 Å². The second-order valence-corrected chi connectivity index (χ2v) is 5.85. The van der Waals surface area contributed by atoms with Crippen molar-refractivity contribution in [3.63, 3.8) is 0 Å². The third-order valence-corrected chi connectivity index (χ3v) is 3.92. The van der Waals surface area contributed by atoms with E-state index in [4.69, 9.17) is 16.7 Å². The molecule has 7 heteroatoms. The summed E-state index contributed by atoms with van der Waals surface area (Å²) in [6.07, 6.45) is 0. The first kappa shape index (κ1) is 13.6. The van der Waals surface area contributed by atoms with Crippen molar-refractivity contribution in [3.8, 4) is 5.75 Å². The Labute approximate surface area is 114 Å². The van der Waals surface area contributed by atoms with Gasteiger partial charge in [-0.2, -0.15) is 0 Å². The summed E-state index contributed by atoms with van der Waals surface area (Å²) in [4.78, 5) is -0.0338. The van der Waals surface area contributed by atoms with Crippen LogP contribution in [0.3, 0.4) is 0 Å². The molecule has 0 aliphatic carbocycles. The predicted octanol–water partition coefficient (Wildman–Crippen LogP) is 2.99. The number of phenols is 1. The summed E-state index contributed by atoms with van der Waals surface area (Å²) >= 11 is 5.71. The maximum Gasteiger partial charge on any atom is 0.261 e. The number of nitrogens with one attached hydrogen (secondary N) is 1. The Morgan fingerprint density at radius 1 is 1.16 bits per heavy atom. The maximum atomic E-state index is 13.1. The average molecular weight is 302 g/mol. The smallest absolute Gasteiger partial charge is 0.261 e. The molecule has 0 aromatic heterocycles. The molecule has 2 aromatic carbocycles. The summed E-state index contributed by atoms with van der Waals surface area (Å²) in [7, 11) is -3.85. The van der Waals surface area contributed by atoms with Crippen molar-refractivity contribution < 1.29 is 17.9 Å². The standard InChI is InChI=1S/C12H9ClFNO3S/c13-8-2-1-3-10(6-8)19(17,18)15-9-4-5-12(16)11(14)7-9/h1-7,15-16H. The molecule has 19 heavy (non-hydrogen) atoms. The lowest BCUT2D eigenvalue weighted by Gasteiger charge is -2.08. The lowest BCUT2D eigenvalue weighted by molar-refractivity contribution is 0.432. The maximum absolute atomic E-state index is 13.1. The number of halogens is 2. The molecule has 0 aliphatic rings. The van der Waals surface area contributed by atoms with Crippen molar-refractivity contribution in [1.82, 2.24) is 0 Å². The molecule has 0 aliphatic heterocycles. The Hall–Kier alpha value is -1.79. The number of hydrogen-bond donors (Lipinski definition) is 2. The summed E-state index contributed by atoms with van der Waals surface area (Å²) in [6, 6.07) is 8.88. The zero-order chi connectivity index (χ0) is 14.0. The zero-order valence-electron chi connectivity index (χ0n) is 9.47. The first-order valence-corrected chi connectivity index (χ1v) is 7.01. The number of hydrogen-bond acceptors (Lipinski definition) is 3. The number of rotatable bonds is 3. The van der Waals surface area contributed by atoms with E-state index in [0.29, 0.717) is 0 Å². The van der Waals surface area contributed by atoms with Crippen molar-refractivity contribution in [2.24, 2.45) is 0 Å². The number of anilines is 1. The number of benzene rings is 2. The molecule has 0 saturated heterocycles. The van der Waals surface area contributed by atoms with Crippen LogP contribution in [0, 0.1) is 5.82 Å². The SMILES string of the molecule is O=S(=O)(Nc1ccc(O)c(F)c1)c1cccc(Cl)c1. The van der Waals surface area contributed by atoms with Gasteiger partial charge >= 0.3 is 0 Å². The van der Waals surface area contributed by atoms with Crippen LogP contribution in [0.25, 0.3) is 0 Å². The van der Waals surface area contributed by atoms with Crippen LogP contribution < -0.4 is 4.72 Å². The van der Waals surface area contributed by atoms with Crippen molar-refractivity contribution in [2.75, 3.05) is 4.72 Å². The predicted molar refractivity (Wildman–Crippen MR) is 70.3 cm³/mol. The summed E-state index contributed by atoms with van der Waals surface area (Å²) in [6.45, 7) is 0. The molecule has 2 aromatic rings. The second kappa shape index (κ2) is 5.07. The van der Waals surface area contributed by atoms with Crippen molar-refractivity contribution in [2.45, 2.75) is 4.90 Å². The summed E-state index contributed by atoms with van der Waals surface area (Å²) in [5.74, 6) is -1.46. The number of sulfonamides is 1. The van der Waals surface area contributed by atoms with Crippen molar-refractivity contribution in [1.29, 1.82) is 0 Å². The highest BCUT2D eigenvalue weighted by atomic mass is 35.5. The second-order valence-electron chi connectivity index (χ2n) is 3.73. The molecular weight excluding hydrogens is 293 g/mol. The first-order chi connectivity index (χ1) is 8.88. The molecule has 100 valence electrons. The Kier molecular flexibility index (Phi) is 3.64. The van der Waals surface area contributed by atoms with Crippen LogP contribution in [0.1, 0.15) is 0 Å². The summed E-state index contributed by atoms with van der Waals surface area (Å²) in [5.41, 5.74) is 0.00951. The quantitative estimate of drug-likeness (QED) is 0.857. The van der Waals surface area contributed by atoms with Gasteiger partial charge in [-0.3, -0.25) is 4.72 Å². The van der Waals surface area contributed by atoms with Gasteiger partial charge in [-0.1, -0.05) is 17.7 Å². The molecular formula is C12H9ClFNO3S. The zero-order valence-corrected chi connectivity index (χ0v) is 11.0. The molecule has 0 spiro atoms. The van der Waals surface area contributed by atoms with Crippen LogP contribution in [-0.4, -0.2) is 13.5 Å². The van der Waals surface area contributed by atoms with Gasteiger partial charge in [0.25, 0.3) is 10.0 Å². The fourth-order valence-corrected chi connectivity index (χ4v) is 2.77. The Morgan fingerprint density at radius 2 is 1.89 bits per heavy atom. The van der Waals surface area contributed by atoms with Gasteiger partial charge in [-0.05, 0) is 30.3 Å². The minimum Gasteiger partial charge on any atom is -0.505 e. The lowest BCUT2D eigenvalue weighted by Crippen LogP contribution is -2.12. The minimum absolute atomic E-state index is 0.00951. The highest BCUT2D eigenvalue weighted by Gasteiger charge is 2.15. The van der Waals surface area contributed by atoms with E-state index in [0.717, 1.165) is 12.1 Å². The topological polar surface area (TPSA) is 66.4 Å². The molecule has 0 fully saturated rings. The van der Waals surface area contributed by atoms with Crippen LogP contribution in [-0.2, 0) is 10.0 Å². The van der Waals surface area contributed by atoms with Crippen molar-refractivity contribution in [3.05, 3.63) is 53.3 Å². The third-order valence-electron chi connectivity index (χ3n) is 2.31. The van der Waals surface area contributed by atoms with E-state index < -0.39 is 21.6 Å². The summed E-state index contributed by atoms with van der Waals surface area (Å²) < 4.78 is 39.3. The van der Waals surface area contributed by atoms with Crippen LogP contribution >= 0.6 is 11.6 Å². The van der Waals surface area contributed by atoms with E-state index in [2.05, 4.69) is 4.72 Å². The van der Waals surface area contributed by atoms with E-state index in [1.165, 1.54) is 24.3 Å². The van der Waals surface area contributed by atoms with Gasteiger partial charge in [-0.15, -0.1) is 0 Å². The van der Waals surface area contributed by atoms with Crippen LogP contribution in [0.15, 0.2) is 47.4 Å². The third kappa shape index (κ3) is 3.15. The Bertz CT molecular complexity index is 719. The molecule has 0 saturated carbocycles. The van der Waals surface area contributed by atoms with Gasteiger partial charge in [0.1, 0.15) is 0 Å². The minimum atomic E-state index is -3.85. The highest BCUT2D eigenvalue weighted by molar-refractivity contribution is 7.92. The molecule has 0 amide bonds. The van der Waals surface area contributed by atoms with Gasteiger partial charge < -0.3 is 5.11 Å². The molecule has 0 atom stereocenters. The van der Waals surface area contributed by atoms with E-state index >= 15 is 0 Å². The van der Waals surface area contributed by atoms with Crippen LogP contribution in [0.4, 0.5) is 10.1 Å². The van der Waals surface area contributed by atoms with Crippen molar-refractivity contribution >= 4 is 27.3 Å². The van der Waals surface area contributed by atoms with E-state index in [9.17, 15) is 12.8 Å². The van der Waals surface area contributed by atoms with Gasteiger partial charge in [0.05, 0.1) is 10.6 Å². The molecule has 0 bridgehead atoms. The highest BCUT2D eigenvalue weighted by Crippen LogP contribution is 2.23. The van der Waals surface area contributed by atoms with E-state index in [1.54, 1.807) is 6.07 Å². The van der Waals surface area contributed by atoms with Crippen LogP contribution in [0.2, 0.25) is 5.02 Å². The van der Waals surface area contributed by atoms with Gasteiger partial charge in [0, 0.05) is 11.1 Å². The summed E-state index contributed by atoms with van der Waals surface area (Å²) in [5, 5.41) is 9.30. The molecule has 0 heterocycles. The molecule has 2 rings (SSSR count). The fourth-order valence-electron chi connectivity index (χ4n) is 1.42. The fraction of sp³-hybridized carbons (Fsp3) is 0. The Balaban J connectivity index is 2.33.